The molecule has 0 saturated carbocycles. The summed E-state index contributed by atoms with van der Waals surface area (Å²) in [5, 5.41) is 14.0. The number of carbonyl (C=O) groups is 2. The number of aromatic nitrogens is 1. The van der Waals surface area contributed by atoms with Crippen molar-refractivity contribution in [3.05, 3.63) is 23.7 Å². The SMILES string of the molecule is O=C(O)C1CC=CCC1C(=O)Nc1nccs1. The first-order chi connectivity index (χ1) is 8.18. The van der Waals surface area contributed by atoms with Gasteiger partial charge in [0.2, 0.25) is 5.91 Å². The van der Waals surface area contributed by atoms with Crippen molar-refractivity contribution in [1.82, 2.24) is 4.98 Å². The number of hydrogen-bond acceptors (Lipinski definition) is 4. The monoisotopic (exact) mass is 252 g/mol. The molecule has 1 aromatic heterocycles. The third kappa shape index (κ3) is 2.71. The number of anilines is 1. The van der Waals surface area contributed by atoms with Gasteiger partial charge in [-0.2, -0.15) is 0 Å². The fraction of sp³-hybridized carbons (Fsp3) is 0.364. The Hall–Kier alpha value is -1.69. The van der Waals surface area contributed by atoms with Crippen molar-refractivity contribution < 1.29 is 14.7 Å². The standard InChI is InChI=1S/C11H12N2O3S/c14-9(13-11-12-5-6-17-11)7-3-1-2-4-8(7)10(15)16/h1-2,5-8H,3-4H2,(H,15,16)(H,12,13,14). The van der Waals surface area contributed by atoms with Crippen molar-refractivity contribution in [2.75, 3.05) is 5.32 Å². The summed E-state index contributed by atoms with van der Waals surface area (Å²) in [6, 6.07) is 0. The Labute approximate surface area is 102 Å². The van der Waals surface area contributed by atoms with E-state index in [4.69, 9.17) is 5.11 Å². The Morgan fingerprint density at radius 2 is 2.06 bits per heavy atom. The quantitative estimate of drug-likeness (QED) is 0.803. The van der Waals surface area contributed by atoms with Gasteiger partial charge in [-0.15, -0.1) is 11.3 Å². The zero-order valence-corrected chi connectivity index (χ0v) is 9.81. The highest BCUT2D eigenvalue weighted by Crippen LogP contribution is 2.27. The van der Waals surface area contributed by atoms with Gasteiger partial charge in [-0.3, -0.25) is 9.59 Å². The summed E-state index contributed by atoms with van der Waals surface area (Å²) in [4.78, 5) is 26.9. The molecule has 1 heterocycles. The molecule has 1 aromatic rings. The van der Waals surface area contributed by atoms with Gasteiger partial charge in [0, 0.05) is 11.6 Å². The first-order valence-electron chi connectivity index (χ1n) is 5.26. The number of nitrogens with one attached hydrogen (secondary N) is 1. The molecule has 0 bridgehead atoms. The maximum Gasteiger partial charge on any atom is 0.307 e. The van der Waals surface area contributed by atoms with E-state index in [1.54, 1.807) is 11.6 Å². The van der Waals surface area contributed by atoms with Gasteiger partial charge in [-0.25, -0.2) is 4.98 Å². The number of nitrogens with zero attached hydrogens (tertiary/aromatic N) is 1. The number of hydrogen-bond donors (Lipinski definition) is 2. The van der Waals surface area contributed by atoms with Crippen molar-refractivity contribution in [2.45, 2.75) is 12.8 Å². The second-order valence-electron chi connectivity index (χ2n) is 3.82. The lowest BCUT2D eigenvalue weighted by Gasteiger charge is -2.23. The number of aliphatic carboxylic acids is 1. The lowest BCUT2D eigenvalue weighted by atomic mass is 9.82. The second-order valence-corrected chi connectivity index (χ2v) is 4.72. The molecule has 1 aliphatic rings. The van der Waals surface area contributed by atoms with Crippen LogP contribution in [0.25, 0.3) is 0 Å². The first-order valence-corrected chi connectivity index (χ1v) is 6.14. The van der Waals surface area contributed by atoms with Gasteiger partial charge in [-0.1, -0.05) is 12.2 Å². The molecule has 2 N–H and O–H groups in total. The summed E-state index contributed by atoms with van der Waals surface area (Å²) in [5.74, 6) is -2.34. The summed E-state index contributed by atoms with van der Waals surface area (Å²) in [5.41, 5.74) is 0. The predicted molar refractivity (Wildman–Crippen MR) is 63.7 cm³/mol. The third-order valence-corrected chi connectivity index (χ3v) is 3.44. The normalized spacial score (nSPS) is 23.3. The fourth-order valence-corrected chi connectivity index (χ4v) is 2.39. The van der Waals surface area contributed by atoms with E-state index in [2.05, 4.69) is 10.3 Å². The van der Waals surface area contributed by atoms with Crippen LogP contribution in [0.5, 0.6) is 0 Å². The lowest BCUT2D eigenvalue weighted by Crippen LogP contribution is -2.34. The van der Waals surface area contributed by atoms with E-state index >= 15 is 0 Å². The second kappa shape index (κ2) is 5.09. The van der Waals surface area contributed by atoms with E-state index in [1.165, 1.54) is 11.3 Å². The molecule has 0 saturated heterocycles. The van der Waals surface area contributed by atoms with Gasteiger partial charge < -0.3 is 10.4 Å². The van der Waals surface area contributed by atoms with Crippen LogP contribution in [0, 0.1) is 11.8 Å². The minimum Gasteiger partial charge on any atom is -0.481 e. The van der Waals surface area contributed by atoms with Crippen LogP contribution in [0.1, 0.15) is 12.8 Å². The molecule has 17 heavy (non-hydrogen) atoms. The van der Waals surface area contributed by atoms with Crippen LogP contribution in [0.3, 0.4) is 0 Å². The number of allylic oxidation sites excluding steroid dienone is 2. The molecule has 2 unspecified atom stereocenters. The number of amides is 1. The molecule has 0 spiro atoms. The van der Waals surface area contributed by atoms with Gasteiger partial charge in [0.25, 0.3) is 0 Å². The Balaban J connectivity index is 2.07. The summed E-state index contributed by atoms with van der Waals surface area (Å²) >= 11 is 1.32. The highest BCUT2D eigenvalue weighted by atomic mass is 32.1. The first kappa shape index (κ1) is 11.8. The molecule has 5 nitrogen and oxygen atoms in total. The van der Waals surface area contributed by atoms with Crippen molar-refractivity contribution in [3.8, 4) is 0 Å². The molecule has 0 fully saturated rings. The molecule has 2 atom stereocenters. The summed E-state index contributed by atoms with van der Waals surface area (Å²) in [6.07, 6.45) is 6.13. The summed E-state index contributed by atoms with van der Waals surface area (Å²) in [6.45, 7) is 0. The summed E-state index contributed by atoms with van der Waals surface area (Å²) in [7, 11) is 0. The molecule has 1 aliphatic carbocycles. The molecule has 6 heteroatoms. The van der Waals surface area contributed by atoms with Gasteiger partial charge in [0.1, 0.15) is 0 Å². The van der Waals surface area contributed by atoms with Crippen molar-refractivity contribution in [1.29, 1.82) is 0 Å². The summed E-state index contributed by atoms with van der Waals surface area (Å²) < 4.78 is 0. The van der Waals surface area contributed by atoms with Gasteiger partial charge in [0.05, 0.1) is 11.8 Å². The van der Waals surface area contributed by atoms with Crippen LogP contribution < -0.4 is 5.32 Å². The number of carboxylic acid groups (broad SMARTS) is 1. The molecular weight excluding hydrogens is 240 g/mol. The molecule has 0 radical (unpaired) electrons. The van der Waals surface area contributed by atoms with E-state index < -0.39 is 17.8 Å². The van der Waals surface area contributed by atoms with Crippen molar-refractivity contribution in [2.24, 2.45) is 11.8 Å². The van der Waals surface area contributed by atoms with Gasteiger partial charge in [0.15, 0.2) is 5.13 Å². The van der Waals surface area contributed by atoms with E-state index in [0.717, 1.165) is 0 Å². The Kier molecular flexibility index (Phi) is 3.53. The zero-order chi connectivity index (χ0) is 12.3. The molecule has 0 aromatic carbocycles. The Morgan fingerprint density at radius 3 is 2.65 bits per heavy atom. The Bertz CT molecular complexity index is 442. The number of thiazole rings is 1. The number of carboxylic acids is 1. The predicted octanol–water partition coefficient (Wildman–Crippen LogP) is 1.75. The smallest absolute Gasteiger partial charge is 0.307 e. The van der Waals surface area contributed by atoms with E-state index in [9.17, 15) is 9.59 Å². The van der Waals surface area contributed by atoms with E-state index in [1.807, 2.05) is 12.2 Å². The molecule has 1 amide bonds. The van der Waals surface area contributed by atoms with Crippen LogP contribution in [0.15, 0.2) is 23.7 Å². The average Bonchev–Trinajstić information content (AvgIpc) is 2.81. The molecular formula is C11H12N2O3S. The largest absolute Gasteiger partial charge is 0.481 e. The topological polar surface area (TPSA) is 79.3 Å². The maximum atomic E-state index is 11.9. The van der Waals surface area contributed by atoms with Crippen LogP contribution in [-0.2, 0) is 9.59 Å². The van der Waals surface area contributed by atoms with Crippen LogP contribution in [0.2, 0.25) is 0 Å². The van der Waals surface area contributed by atoms with Gasteiger partial charge in [-0.05, 0) is 12.8 Å². The zero-order valence-electron chi connectivity index (χ0n) is 9.00. The average molecular weight is 252 g/mol. The van der Waals surface area contributed by atoms with Gasteiger partial charge >= 0.3 is 5.97 Å². The minimum atomic E-state index is -0.923. The highest BCUT2D eigenvalue weighted by molar-refractivity contribution is 7.13. The van der Waals surface area contributed by atoms with Crippen molar-refractivity contribution >= 4 is 28.3 Å². The van der Waals surface area contributed by atoms with Crippen LogP contribution in [-0.4, -0.2) is 22.0 Å². The highest BCUT2D eigenvalue weighted by Gasteiger charge is 2.34. The minimum absolute atomic E-state index is 0.267. The number of carbonyl (C=O) groups excluding carboxylic acids is 1. The molecule has 2 rings (SSSR count). The van der Waals surface area contributed by atoms with Crippen LogP contribution >= 0.6 is 11.3 Å². The maximum absolute atomic E-state index is 11.9. The lowest BCUT2D eigenvalue weighted by molar-refractivity contribution is -0.146. The fourth-order valence-electron chi connectivity index (χ4n) is 1.86. The number of rotatable bonds is 3. The van der Waals surface area contributed by atoms with E-state index in [0.29, 0.717) is 18.0 Å². The van der Waals surface area contributed by atoms with Crippen LogP contribution in [0.4, 0.5) is 5.13 Å². The Morgan fingerprint density at radius 1 is 1.35 bits per heavy atom. The van der Waals surface area contributed by atoms with Crippen molar-refractivity contribution in [3.63, 3.8) is 0 Å². The third-order valence-electron chi connectivity index (χ3n) is 2.75. The molecule has 0 aliphatic heterocycles. The van der Waals surface area contributed by atoms with E-state index in [-0.39, 0.29) is 5.91 Å². The molecule has 90 valence electrons.